The smallest absolute Gasteiger partial charge is 0.194 e. The number of nitrogens with two attached hydrogens (primary N) is 1. The molecular formula is C13H14F3N3. The Labute approximate surface area is 108 Å². The topological polar surface area (TPSA) is 54.7 Å². The van der Waals surface area contributed by atoms with Gasteiger partial charge < -0.3 is 5.73 Å². The van der Waals surface area contributed by atoms with Crippen LogP contribution in [0.3, 0.4) is 0 Å². The minimum atomic E-state index is -1.48. The van der Waals surface area contributed by atoms with E-state index in [0.717, 1.165) is 12.1 Å². The molecule has 19 heavy (non-hydrogen) atoms. The van der Waals surface area contributed by atoms with Crippen LogP contribution in [-0.2, 0) is 6.42 Å². The molecule has 0 atom stereocenters. The SMILES string of the molecule is CC(C)Cc1c(N)n[nH]c1-c1cc(F)c(F)c(F)c1. The van der Waals surface area contributed by atoms with Crippen LogP contribution >= 0.6 is 0 Å². The van der Waals surface area contributed by atoms with E-state index in [2.05, 4.69) is 10.2 Å². The molecule has 0 unspecified atom stereocenters. The molecule has 0 amide bonds. The second-order valence-corrected chi connectivity index (χ2v) is 4.81. The molecular weight excluding hydrogens is 255 g/mol. The van der Waals surface area contributed by atoms with Crippen molar-refractivity contribution >= 4 is 5.82 Å². The van der Waals surface area contributed by atoms with Crippen LogP contribution in [0.1, 0.15) is 19.4 Å². The molecule has 2 rings (SSSR count). The first-order chi connectivity index (χ1) is 8.90. The summed E-state index contributed by atoms with van der Waals surface area (Å²) in [5, 5.41) is 6.48. The van der Waals surface area contributed by atoms with E-state index in [0.29, 0.717) is 23.6 Å². The van der Waals surface area contributed by atoms with Crippen molar-refractivity contribution in [3.8, 4) is 11.3 Å². The van der Waals surface area contributed by atoms with E-state index in [1.54, 1.807) is 0 Å². The molecule has 0 radical (unpaired) electrons. The lowest BCUT2D eigenvalue weighted by Gasteiger charge is -2.07. The lowest BCUT2D eigenvalue weighted by molar-refractivity contribution is 0.447. The van der Waals surface area contributed by atoms with Gasteiger partial charge in [0.1, 0.15) is 5.82 Å². The third-order valence-electron chi connectivity index (χ3n) is 2.78. The van der Waals surface area contributed by atoms with E-state index in [4.69, 9.17) is 5.73 Å². The maximum atomic E-state index is 13.2. The van der Waals surface area contributed by atoms with E-state index in [-0.39, 0.29) is 11.4 Å². The summed E-state index contributed by atoms with van der Waals surface area (Å²) < 4.78 is 39.4. The van der Waals surface area contributed by atoms with E-state index >= 15 is 0 Å². The Morgan fingerprint density at radius 3 is 2.32 bits per heavy atom. The minimum absolute atomic E-state index is 0.191. The predicted octanol–water partition coefficient (Wildman–Crippen LogP) is 3.27. The molecule has 0 aliphatic rings. The fourth-order valence-electron chi connectivity index (χ4n) is 1.93. The molecule has 102 valence electrons. The number of H-pyrrole nitrogens is 1. The Balaban J connectivity index is 2.53. The Bertz CT molecular complexity index is 582. The van der Waals surface area contributed by atoms with Crippen LogP contribution in [0.4, 0.5) is 19.0 Å². The van der Waals surface area contributed by atoms with Crippen molar-refractivity contribution in [1.29, 1.82) is 0 Å². The van der Waals surface area contributed by atoms with Crippen molar-refractivity contribution in [3.63, 3.8) is 0 Å². The Morgan fingerprint density at radius 2 is 1.79 bits per heavy atom. The van der Waals surface area contributed by atoms with Gasteiger partial charge >= 0.3 is 0 Å². The van der Waals surface area contributed by atoms with E-state index in [9.17, 15) is 13.2 Å². The molecule has 1 aromatic heterocycles. The summed E-state index contributed by atoms with van der Waals surface area (Å²) in [6.07, 6.45) is 0.609. The van der Waals surface area contributed by atoms with Crippen molar-refractivity contribution in [3.05, 3.63) is 35.1 Å². The zero-order chi connectivity index (χ0) is 14.2. The van der Waals surface area contributed by atoms with Gasteiger partial charge in [-0.25, -0.2) is 13.2 Å². The molecule has 0 saturated heterocycles. The van der Waals surface area contributed by atoms with Crippen LogP contribution in [0.2, 0.25) is 0 Å². The average Bonchev–Trinajstić information content (AvgIpc) is 2.67. The minimum Gasteiger partial charge on any atom is -0.382 e. The quantitative estimate of drug-likeness (QED) is 0.840. The van der Waals surface area contributed by atoms with E-state index in [1.165, 1.54) is 0 Å². The second kappa shape index (κ2) is 4.95. The molecule has 0 aliphatic carbocycles. The van der Waals surface area contributed by atoms with E-state index in [1.807, 2.05) is 13.8 Å². The number of rotatable bonds is 3. The number of nitrogens with zero attached hydrogens (tertiary/aromatic N) is 1. The lowest BCUT2D eigenvalue weighted by Crippen LogP contribution is -2.00. The Kier molecular flexibility index (Phi) is 3.50. The first kappa shape index (κ1) is 13.5. The molecule has 3 nitrogen and oxygen atoms in total. The number of hydrogen-bond donors (Lipinski definition) is 2. The number of nitrogen functional groups attached to an aromatic ring is 1. The number of nitrogens with one attached hydrogen (secondary N) is 1. The van der Waals surface area contributed by atoms with Gasteiger partial charge in [-0.05, 0) is 24.5 Å². The highest BCUT2D eigenvalue weighted by Crippen LogP contribution is 2.29. The molecule has 6 heteroatoms. The zero-order valence-corrected chi connectivity index (χ0v) is 10.6. The number of anilines is 1. The van der Waals surface area contributed by atoms with Gasteiger partial charge in [-0.15, -0.1) is 0 Å². The van der Waals surface area contributed by atoms with Gasteiger partial charge in [0.25, 0.3) is 0 Å². The molecule has 2 aromatic rings. The second-order valence-electron chi connectivity index (χ2n) is 4.81. The maximum Gasteiger partial charge on any atom is 0.194 e. The van der Waals surface area contributed by atoms with Crippen molar-refractivity contribution in [2.24, 2.45) is 5.92 Å². The van der Waals surface area contributed by atoms with Gasteiger partial charge in [0.2, 0.25) is 0 Å². The first-order valence-electron chi connectivity index (χ1n) is 5.87. The number of aromatic nitrogens is 2. The summed E-state index contributed by atoms with van der Waals surface area (Å²) in [7, 11) is 0. The Morgan fingerprint density at radius 1 is 1.21 bits per heavy atom. The first-order valence-corrected chi connectivity index (χ1v) is 5.87. The standard InChI is InChI=1S/C13H14F3N3/c1-6(2)3-8-12(18-19-13(8)17)7-4-9(14)11(16)10(15)5-7/h4-6H,3H2,1-2H3,(H3,17,18,19). The molecule has 0 spiro atoms. The normalized spacial score (nSPS) is 11.3. The number of hydrogen-bond acceptors (Lipinski definition) is 2. The molecule has 0 aliphatic heterocycles. The summed E-state index contributed by atoms with van der Waals surface area (Å²) in [5.74, 6) is -3.37. The summed E-state index contributed by atoms with van der Waals surface area (Å²) in [5.41, 5.74) is 7.02. The van der Waals surface area contributed by atoms with Gasteiger partial charge in [0, 0.05) is 11.1 Å². The third kappa shape index (κ3) is 2.57. The summed E-state index contributed by atoms with van der Waals surface area (Å²) in [6, 6.07) is 1.85. The monoisotopic (exact) mass is 269 g/mol. The fraction of sp³-hybridized carbons (Fsp3) is 0.308. The van der Waals surface area contributed by atoms with Crippen LogP contribution < -0.4 is 5.73 Å². The summed E-state index contributed by atoms with van der Waals surface area (Å²) in [6.45, 7) is 3.98. The van der Waals surface area contributed by atoms with Crippen LogP contribution in [-0.4, -0.2) is 10.2 Å². The fourth-order valence-corrected chi connectivity index (χ4v) is 1.93. The van der Waals surface area contributed by atoms with Crippen molar-refractivity contribution < 1.29 is 13.2 Å². The molecule has 1 heterocycles. The van der Waals surface area contributed by atoms with Gasteiger partial charge in [0.15, 0.2) is 17.5 Å². The van der Waals surface area contributed by atoms with Gasteiger partial charge in [-0.3, -0.25) is 5.10 Å². The summed E-state index contributed by atoms with van der Waals surface area (Å²) >= 11 is 0. The largest absolute Gasteiger partial charge is 0.382 e. The molecule has 3 N–H and O–H groups in total. The Hall–Kier alpha value is -1.98. The van der Waals surface area contributed by atoms with Crippen LogP contribution in [0, 0.1) is 23.4 Å². The highest BCUT2D eigenvalue weighted by molar-refractivity contribution is 5.68. The van der Waals surface area contributed by atoms with Crippen LogP contribution in [0.25, 0.3) is 11.3 Å². The highest BCUT2D eigenvalue weighted by Gasteiger charge is 2.18. The molecule has 0 saturated carbocycles. The number of halogens is 3. The maximum absolute atomic E-state index is 13.2. The summed E-state index contributed by atoms with van der Waals surface area (Å²) in [4.78, 5) is 0. The van der Waals surface area contributed by atoms with Crippen molar-refractivity contribution in [2.75, 3.05) is 5.73 Å². The van der Waals surface area contributed by atoms with Crippen molar-refractivity contribution in [1.82, 2.24) is 10.2 Å². The molecule has 0 bridgehead atoms. The highest BCUT2D eigenvalue weighted by atomic mass is 19.2. The lowest BCUT2D eigenvalue weighted by atomic mass is 9.99. The predicted molar refractivity (Wildman–Crippen MR) is 66.9 cm³/mol. The van der Waals surface area contributed by atoms with Gasteiger partial charge in [-0.1, -0.05) is 13.8 Å². The van der Waals surface area contributed by atoms with Gasteiger partial charge in [0.05, 0.1) is 5.69 Å². The van der Waals surface area contributed by atoms with Crippen LogP contribution in [0.15, 0.2) is 12.1 Å². The third-order valence-corrected chi connectivity index (χ3v) is 2.78. The van der Waals surface area contributed by atoms with Gasteiger partial charge in [-0.2, -0.15) is 5.10 Å². The number of aromatic amines is 1. The number of benzene rings is 1. The van der Waals surface area contributed by atoms with Crippen molar-refractivity contribution in [2.45, 2.75) is 20.3 Å². The van der Waals surface area contributed by atoms with E-state index < -0.39 is 17.5 Å². The van der Waals surface area contributed by atoms with Crippen LogP contribution in [0.5, 0.6) is 0 Å². The molecule has 1 aromatic carbocycles. The molecule has 0 fully saturated rings. The average molecular weight is 269 g/mol. The zero-order valence-electron chi connectivity index (χ0n) is 10.6.